The Bertz CT molecular complexity index is 430. The third-order valence-electron chi connectivity index (χ3n) is 2.55. The van der Waals surface area contributed by atoms with E-state index in [1.165, 1.54) is 6.33 Å². The second kappa shape index (κ2) is 7.78. The summed E-state index contributed by atoms with van der Waals surface area (Å²) in [5, 5.41) is 17.2. The molecular weight excluding hydrogens is 266 g/mol. The number of nitrogens with zero attached hydrogens (tertiary/aromatic N) is 3. The van der Waals surface area contributed by atoms with Crippen LogP contribution in [0.4, 0.5) is 17.3 Å². The zero-order valence-corrected chi connectivity index (χ0v) is 12.2. The van der Waals surface area contributed by atoms with Gasteiger partial charge in [-0.3, -0.25) is 10.1 Å². The van der Waals surface area contributed by atoms with Gasteiger partial charge in [0.25, 0.3) is 0 Å². The molecule has 1 unspecified atom stereocenters. The largest absolute Gasteiger partial charge is 0.364 e. The Labute approximate surface area is 116 Å². The number of rotatable bonds is 8. The molecule has 1 aromatic rings. The van der Waals surface area contributed by atoms with Gasteiger partial charge >= 0.3 is 5.69 Å². The summed E-state index contributed by atoms with van der Waals surface area (Å²) >= 11 is 1.69. The Morgan fingerprint density at radius 2 is 2.11 bits per heavy atom. The first-order chi connectivity index (χ1) is 9.13. The number of hydrogen-bond donors (Lipinski definition) is 2. The molecule has 7 nitrogen and oxygen atoms in total. The first-order valence-electron chi connectivity index (χ1n) is 6.12. The van der Waals surface area contributed by atoms with Gasteiger partial charge in [0.15, 0.2) is 0 Å². The van der Waals surface area contributed by atoms with Gasteiger partial charge in [-0.15, -0.1) is 0 Å². The highest BCUT2D eigenvalue weighted by atomic mass is 32.2. The number of nitrogens with one attached hydrogen (secondary N) is 2. The quantitative estimate of drug-likeness (QED) is 0.559. The SMILES string of the molecule is CCNc1ncnc(NC(CC)CSC)c1[N+](=O)[O-]. The van der Waals surface area contributed by atoms with Crippen molar-refractivity contribution in [1.29, 1.82) is 0 Å². The third kappa shape index (κ3) is 4.23. The first kappa shape index (κ1) is 15.5. The highest BCUT2D eigenvalue weighted by molar-refractivity contribution is 7.98. The fourth-order valence-electron chi connectivity index (χ4n) is 1.61. The summed E-state index contributed by atoms with van der Waals surface area (Å²) in [4.78, 5) is 18.7. The standard InChI is InChI=1S/C11H19N5O2S/c1-4-8(6-19-3)15-11-9(16(17)18)10(12-5-2)13-7-14-11/h7-8H,4-6H2,1-3H3,(H2,12,13,14,15). The predicted octanol–water partition coefficient (Wildman–Crippen LogP) is 2.37. The summed E-state index contributed by atoms with van der Waals surface area (Å²) in [6, 6.07) is 0.151. The van der Waals surface area contributed by atoms with E-state index < -0.39 is 4.92 Å². The van der Waals surface area contributed by atoms with Crippen LogP contribution in [0.1, 0.15) is 20.3 Å². The zero-order valence-electron chi connectivity index (χ0n) is 11.3. The van der Waals surface area contributed by atoms with Crippen molar-refractivity contribution in [3.05, 3.63) is 16.4 Å². The van der Waals surface area contributed by atoms with Crippen molar-refractivity contribution < 1.29 is 4.92 Å². The molecule has 1 atom stereocenters. The molecule has 0 aliphatic carbocycles. The molecule has 1 heterocycles. The lowest BCUT2D eigenvalue weighted by molar-refractivity contribution is -0.383. The van der Waals surface area contributed by atoms with E-state index in [-0.39, 0.29) is 23.4 Å². The van der Waals surface area contributed by atoms with Crippen LogP contribution in [-0.2, 0) is 0 Å². The summed E-state index contributed by atoms with van der Waals surface area (Å²) in [6.45, 7) is 4.47. The Balaban J connectivity index is 3.04. The van der Waals surface area contributed by atoms with E-state index in [4.69, 9.17) is 0 Å². The van der Waals surface area contributed by atoms with E-state index in [0.717, 1.165) is 12.2 Å². The van der Waals surface area contributed by atoms with Crippen LogP contribution in [0.15, 0.2) is 6.33 Å². The van der Waals surface area contributed by atoms with Crippen LogP contribution in [0.5, 0.6) is 0 Å². The lowest BCUT2D eigenvalue weighted by Crippen LogP contribution is -2.23. The molecule has 106 valence electrons. The van der Waals surface area contributed by atoms with E-state index in [9.17, 15) is 10.1 Å². The van der Waals surface area contributed by atoms with Gasteiger partial charge in [0, 0.05) is 18.3 Å². The van der Waals surface area contributed by atoms with E-state index in [0.29, 0.717) is 6.54 Å². The van der Waals surface area contributed by atoms with Gasteiger partial charge in [0.1, 0.15) is 6.33 Å². The van der Waals surface area contributed by atoms with Gasteiger partial charge in [-0.05, 0) is 19.6 Å². The smallest absolute Gasteiger partial charge is 0.353 e. The highest BCUT2D eigenvalue weighted by Gasteiger charge is 2.23. The van der Waals surface area contributed by atoms with Gasteiger partial charge < -0.3 is 10.6 Å². The molecule has 0 aliphatic rings. The molecule has 0 aliphatic heterocycles. The lowest BCUT2D eigenvalue weighted by Gasteiger charge is -2.16. The molecule has 8 heteroatoms. The average molecular weight is 285 g/mol. The number of anilines is 2. The molecular formula is C11H19N5O2S. The van der Waals surface area contributed by atoms with Crippen LogP contribution >= 0.6 is 11.8 Å². The van der Waals surface area contributed by atoms with Crippen molar-refractivity contribution >= 4 is 29.1 Å². The Hall–Kier alpha value is -1.57. The van der Waals surface area contributed by atoms with E-state index >= 15 is 0 Å². The van der Waals surface area contributed by atoms with Crippen LogP contribution in [0, 0.1) is 10.1 Å². The Morgan fingerprint density at radius 1 is 1.42 bits per heavy atom. The highest BCUT2D eigenvalue weighted by Crippen LogP contribution is 2.29. The average Bonchev–Trinajstić information content (AvgIpc) is 2.38. The van der Waals surface area contributed by atoms with Gasteiger partial charge in [-0.2, -0.15) is 11.8 Å². The molecule has 0 aromatic carbocycles. The molecule has 0 bridgehead atoms. The maximum atomic E-state index is 11.2. The summed E-state index contributed by atoms with van der Waals surface area (Å²) in [6.07, 6.45) is 4.21. The van der Waals surface area contributed by atoms with E-state index in [1.54, 1.807) is 11.8 Å². The maximum Gasteiger partial charge on any atom is 0.353 e. The lowest BCUT2D eigenvalue weighted by atomic mass is 10.2. The van der Waals surface area contributed by atoms with Gasteiger partial charge in [-0.25, -0.2) is 9.97 Å². The van der Waals surface area contributed by atoms with Crippen LogP contribution in [-0.4, -0.2) is 39.5 Å². The minimum Gasteiger partial charge on any atom is -0.364 e. The number of nitro groups is 1. The molecule has 0 saturated heterocycles. The van der Waals surface area contributed by atoms with Crippen LogP contribution in [0.25, 0.3) is 0 Å². The molecule has 2 N–H and O–H groups in total. The topological polar surface area (TPSA) is 93.0 Å². The number of hydrogen-bond acceptors (Lipinski definition) is 7. The molecule has 1 rings (SSSR count). The van der Waals surface area contributed by atoms with E-state index in [2.05, 4.69) is 20.6 Å². The minimum absolute atomic E-state index is 0.0936. The Kier molecular flexibility index (Phi) is 6.34. The van der Waals surface area contributed by atoms with Crippen molar-refractivity contribution in [3.63, 3.8) is 0 Å². The molecule has 0 spiro atoms. The van der Waals surface area contributed by atoms with Crippen molar-refractivity contribution in [2.45, 2.75) is 26.3 Å². The van der Waals surface area contributed by atoms with Crippen LogP contribution in [0.2, 0.25) is 0 Å². The van der Waals surface area contributed by atoms with Crippen molar-refractivity contribution in [2.75, 3.05) is 29.2 Å². The van der Waals surface area contributed by atoms with Gasteiger partial charge in [-0.1, -0.05) is 6.92 Å². The fraction of sp³-hybridized carbons (Fsp3) is 0.636. The number of thioether (sulfide) groups is 1. The van der Waals surface area contributed by atoms with E-state index in [1.807, 2.05) is 20.1 Å². The van der Waals surface area contributed by atoms with Crippen molar-refractivity contribution in [3.8, 4) is 0 Å². The molecule has 1 aromatic heterocycles. The molecule has 0 fully saturated rings. The van der Waals surface area contributed by atoms with Crippen LogP contribution in [0.3, 0.4) is 0 Å². The third-order valence-corrected chi connectivity index (χ3v) is 3.29. The maximum absolute atomic E-state index is 11.2. The zero-order chi connectivity index (χ0) is 14.3. The molecule has 0 radical (unpaired) electrons. The normalized spacial score (nSPS) is 11.9. The summed E-state index contributed by atoms with van der Waals surface area (Å²) in [7, 11) is 0. The number of aromatic nitrogens is 2. The molecule has 0 amide bonds. The van der Waals surface area contributed by atoms with Crippen molar-refractivity contribution in [2.24, 2.45) is 0 Å². The Morgan fingerprint density at radius 3 is 2.63 bits per heavy atom. The van der Waals surface area contributed by atoms with Crippen LogP contribution < -0.4 is 10.6 Å². The summed E-state index contributed by atoms with van der Waals surface area (Å²) < 4.78 is 0. The fourth-order valence-corrected chi connectivity index (χ4v) is 2.33. The van der Waals surface area contributed by atoms with Crippen molar-refractivity contribution in [1.82, 2.24) is 9.97 Å². The van der Waals surface area contributed by atoms with Gasteiger partial charge in [0.2, 0.25) is 11.6 Å². The summed E-state index contributed by atoms with van der Waals surface area (Å²) in [5.74, 6) is 1.40. The molecule has 19 heavy (non-hydrogen) atoms. The second-order valence-corrected chi connectivity index (χ2v) is 4.82. The predicted molar refractivity (Wildman–Crippen MR) is 78.9 cm³/mol. The second-order valence-electron chi connectivity index (χ2n) is 3.91. The van der Waals surface area contributed by atoms with Gasteiger partial charge in [0.05, 0.1) is 4.92 Å². The molecule has 0 saturated carbocycles. The monoisotopic (exact) mass is 285 g/mol. The summed E-state index contributed by atoms with van der Waals surface area (Å²) in [5.41, 5.74) is -0.0936. The first-order valence-corrected chi connectivity index (χ1v) is 7.52. The minimum atomic E-state index is -0.452.